The minimum Gasteiger partial charge on any atom is -0.497 e. The Labute approximate surface area is 176 Å². The first-order valence-corrected chi connectivity index (χ1v) is 10.9. The smallest absolute Gasteiger partial charge is 0.256 e. The summed E-state index contributed by atoms with van der Waals surface area (Å²) in [5.41, 5.74) is 0.952. The molecule has 2 aliphatic carbocycles. The van der Waals surface area contributed by atoms with E-state index in [-0.39, 0.29) is 17.9 Å². The minimum atomic E-state index is -0.174. The number of hydrogen-bond acceptors (Lipinski definition) is 4. The molecule has 3 aliphatic rings. The third-order valence-corrected chi connectivity index (χ3v) is 7.22. The van der Waals surface area contributed by atoms with E-state index < -0.39 is 0 Å². The van der Waals surface area contributed by atoms with E-state index in [4.69, 9.17) is 4.74 Å². The molecular formula is C23H28N4O3. The minimum absolute atomic E-state index is 0.174. The lowest BCUT2D eigenvalue weighted by molar-refractivity contribution is -0.135. The van der Waals surface area contributed by atoms with Crippen molar-refractivity contribution in [2.24, 2.45) is 11.3 Å². The van der Waals surface area contributed by atoms with Crippen LogP contribution in [0.3, 0.4) is 0 Å². The highest BCUT2D eigenvalue weighted by atomic mass is 16.5. The van der Waals surface area contributed by atoms with Crippen molar-refractivity contribution < 1.29 is 14.3 Å². The molecule has 2 amide bonds. The summed E-state index contributed by atoms with van der Waals surface area (Å²) in [5.74, 6) is 1.88. The van der Waals surface area contributed by atoms with Gasteiger partial charge < -0.3 is 15.0 Å². The van der Waals surface area contributed by atoms with Crippen LogP contribution in [0.25, 0.3) is 0 Å². The number of hydrogen-bond donors (Lipinski definition) is 1. The lowest BCUT2D eigenvalue weighted by Gasteiger charge is -2.34. The van der Waals surface area contributed by atoms with E-state index in [9.17, 15) is 9.59 Å². The zero-order chi connectivity index (χ0) is 20.7. The van der Waals surface area contributed by atoms with Crippen LogP contribution < -0.4 is 10.1 Å². The maximum atomic E-state index is 12.8. The van der Waals surface area contributed by atoms with Gasteiger partial charge in [-0.15, -0.1) is 0 Å². The Kier molecular flexibility index (Phi) is 4.76. The van der Waals surface area contributed by atoms with Crippen LogP contribution in [-0.4, -0.2) is 46.7 Å². The van der Waals surface area contributed by atoms with Crippen molar-refractivity contribution in [1.82, 2.24) is 14.7 Å². The number of amides is 2. The van der Waals surface area contributed by atoms with Gasteiger partial charge in [0, 0.05) is 30.6 Å². The molecule has 7 heteroatoms. The fraction of sp³-hybridized carbons (Fsp3) is 0.522. The summed E-state index contributed by atoms with van der Waals surface area (Å²) in [5, 5.41) is 7.43. The SMILES string of the molecule is COc1ccc(C(=O)Nc2ccnn2C2CCN(C(=O)[C@H]3CC34CCC4)CC2)cc1. The van der Waals surface area contributed by atoms with Gasteiger partial charge in [-0.2, -0.15) is 5.10 Å². The number of likely N-dealkylation sites (tertiary alicyclic amines) is 1. The van der Waals surface area contributed by atoms with Crippen LogP contribution in [0.2, 0.25) is 0 Å². The zero-order valence-electron chi connectivity index (χ0n) is 17.3. The molecule has 0 unspecified atom stereocenters. The van der Waals surface area contributed by atoms with Crippen molar-refractivity contribution >= 4 is 17.6 Å². The van der Waals surface area contributed by atoms with Crippen molar-refractivity contribution in [2.75, 3.05) is 25.5 Å². The quantitative estimate of drug-likeness (QED) is 0.822. The van der Waals surface area contributed by atoms with E-state index in [2.05, 4.69) is 10.4 Å². The number of methoxy groups -OCH3 is 1. The second-order valence-electron chi connectivity index (χ2n) is 8.87. The van der Waals surface area contributed by atoms with E-state index in [1.165, 1.54) is 19.3 Å². The first-order valence-electron chi connectivity index (χ1n) is 10.9. The van der Waals surface area contributed by atoms with Crippen molar-refractivity contribution in [3.05, 3.63) is 42.1 Å². The molecule has 2 heterocycles. The molecule has 1 aromatic carbocycles. The number of carbonyl (C=O) groups is 2. The van der Waals surface area contributed by atoms with Gasteiger partial charge in [0.25, 0.3) is 5.91 Å². The van der Waals surface area contributed by atoms with Gasteiger partial charge in [0.15, 0.2) is 0 Å². The monoisotopic (exact) mass is 408 g/mol. The number of anilines is 1. The summed E-state index contributed by atoms with van der Waals surface area (Å²) in [6.45, 7) is 1.53. The van der Waals surface area contributed by atoms with Gasteiger partial charge in [0.2, 0.25) is 5.91 Å². The highest BCUT2D eigenvalue weighted by Crippen LogP contribution is 2.66. The number of nitrogens with zero attached hydrogens (tertiary/aromatic N) is 3. The fourth-order valence-electron chi connectivity index (χ4n) is 5.07. The van der Waals surface area contributed by atoms with Gasteiger partial charge in [-0.05, 0) is 61.8 Å². The first kappa shape index (κ1) is 19.2. The average molecular weight is 409 g/mol. The number of piperidine rings is 1. The topological polar surface area (TPSA) is 76.5 Å². The summed E-state index contributed by atoms with van der Waals surface area (Å²) < 4.78 is 7.04. The molecule has 0 radical (unpaired) electrons. The van der Waals surface area contributed by atoms with Crippen LogP contribution >= 0.6 is 0 Å². The number of nitrogens with one attached hydrogen (secondary N) is 1. The largest absolute Gasteiger partial charge is 0.497 e. The summed E-state index contributed by atoms with van der Waals surface area (Å²) in [6, 6.07) is 9.03. The van der Waals surface area contributed by atoms with Crippen LogP contribution in [0, 0.1) is 11.3 Å². The van der Waals surface area contributed by atoms with Gasteiger partial charge in [0.05, 0.1) is 19.3 Å². The molecule has 1 spiro atoms. The van der Waals surface area contributed by atoms with Crippen LogP contribution in [0.5, 0.6) is 5.75 Å². The Morgan fingerprint density at radius 1 is 1.13 bits per heavy atom. The standard InChI is InChI=1S/C23H28N4O3/c1-30-18-5-3-16(4-6-18)21(28)25-20-7-12-24-27(20)17-8-13-26(14-9-17)22(29)19-15-23(19)10-2-11-23/h3-7,12,17,19H,2,8-11,13-15H2,1H3,(H,25,28)/t19-/m1/s1. The van der Waals surface area contributed by atoms with E-state index in [0.717, 1.165) is 32.4 Å². The molecule has 0 bridgehead atoms. The molecule has 5 rings (SSSR count). The highest BCUT2D eigenvalue weighted by Gasteiger charge is 2.61. The summed E-state index contributed by atoms with van der Waals surface area (Å²) in [7, 11) is 1.60. The molecule has 2 saturated carbocycles. The lowest BCUT2D eigenvalue weighted by Crippen LogP contribution is -2.41. The van der Waals surface area contributed by atoms with E-state index in [1.54, 1.807) is 37.6 Å². The predicted octanol–water partition coefficient (Wildman–Crippen LogP) is 3.50. The first-order chi connectivity index (χ1) is 14.6. The third kappa shape index (κ3) is 3.36. The number of ether oxygens (including phenoxy) is 1. The Morgan fingerprint density at radius 2 is 1.87 bits per heavy atom. The Balaban J connectivity index is 1.19. The zero-order valence-corrected chi connectivity index (χ0v) is 17.3. The molecule has 1 atom stereocenters. The van der Waals surface area contributed by atoms with Gasteiger partial charge in [0.1, 0.15) is 11.6 Å². The highest BCUT2D eigenvalue weighted by molar-refractivity contribution is 6.03. The molecule has 1 saturated heterocycles. The van der Waals surface area contributed by atoms with Gasteiger partial charge in [-0.1, -0.05) is 6.42 Å². The molecule has 30 heavy (non-hydrogen) atoms. The van der Waals surface area contributed by atoms with Crippen molar-refractivity contribution in [2.45, 2.75) is 44.6 Å². The molecule has 7 nitrogen and oxygen atoms in total. The molecule has 1 N–H and O–H groups in total. The molecule has 158 valence electrons. The Morgan fingerprint density at radius 3 is 2.47 bits per heavy atom. The Hall–Kier alpha value is -2.83. The predicted molar refractivity (Wildman–Crippen MR) is 112 cm³/mol. The maximum absolute atomic E-state index is 12.8. The van der Waals surface area contributed by atoms with Gasteiger partial charge in [-0.3, -0.25) is 9.59 Å². The third-order valence-electron chi connectivity index (χ3n) is 7.22. The maximum Gasteiger partial charge on any atom is 0.256 e. The summed E-state index contributed by atoms with van der Waals surface area (Å²) in [4.78, 5) is 27.5. The summed E-state index contributed by atoms with van der Waals surface area (Å²) >= 11 is 0. The van der Waals surface area contributed by atoms with E-state index in [1.807, 2.05) is 15.6 Å². The molecule has 1 aliphatic heterocycles. The average Bonchev–Trinajstić information content (AvgIpc) is 3.39. The summed E-state index contributed by atoms with van der Waals surface area (Å²) in [6.07, 6.45) is 8.31. The number of aromatic nitrogens is 2. The second kappa shape index (κ2) is 7.45. The molecule has 3 fully saturated rings. The normalized spacial score (nSPS) is 22.4. The lowest BCUT2D eigenvalue weighted by atomic mass is 9.79. The van der Waals surface area contributed by atoms with Crippen LogP contribution in [-0.2, 0) is 4.79 Å². The number of benzene rings is 1. The molecular weight excluding hydrogens is 380 g/mol. The second-order valence-corrected chi connectivity index (χ2v) is 8.87. The van der Waals surface area contributed by atoms with E-state index >= 15 is 0 Å². The van der Waals surface area contributed by atoms with Crippen LogP contribution in [0.1, 0.15) is 54.9 Å². The Bertz CT molecular complexity index is 940. The van der Waals surface area contributed by atoms with Crippen molar-refractivity contribution in [3.63, 3.8) is 0 Å². The van der Waals surface area contributed by atoms with Crippen LogP contribution in [0.15, 0.2) is 36.5 Å². The van der Waals surface area contributed by atoms with Gasteiger partial charge >= 0.3 is 0 Å². The molecule has 2 aromatic rings. The number of rotatable bonds is 5. The van der Waals surface area contributed by atoms with Crippen molar-refractivity contribution in [3.8, 4) is 5.75 Å². The molecule has 1 aromatic heterocycles. The fourth-order valence-corrected chi connectivity index (χ4v) is 5.07. The number of carbonyl (C=O) groups excluding carboxylic acids is 2. The van der Waals surface area contributed by atoms with Gasteiger partial charge in [-0.25, -0.2) is 4.68 Å². The van der Waals surface area contributed by atoms with Crippen molar-refractivity contribution in [1.29, 1.82) is 0 Å². The van der Waals surface area contributed by atoms with Crippen LogP contribution in [0.4, 0.5) is 5.82 Å². The van der Waals surface area contributed by atoms with E-state index in [0.29, 0.717) is 28.5 Å².